The molecule has 0 aliphatic carbocycles. The number of benzene rings is 2. The molecule has 3 rings (SSSR count). The quantitative estimate of drug-likeness (QED) is 0.385. The van der Waals surface area contributed by atoms with Crippen molar-refractivity contribution < 1.29 is 9.53 Å². The van der Waals surface area contributed by atoms with Crippen molar-refractivity contribution in [3.8, 4) is 5.75 Å². The van der Waals surface area contributed by atoms with Gasteiger partial charge in [-0.15, -0.1) is 0 Å². The highest BCUT2D eigenvalue weighted by molar-refractivity contribution is 6.41. The van der Waals surface area contributed by atoms with Gasteiger partial charge >= 0.3 is 0 Å². The number of halogens is 4. The number of aromatic nitrogens is 2. The van der Waals surface area contributed by atoms with Crippen LogP contribution < -0.4 is 10.1 Å². The van der Waals surface area contributed by atoms with Gasteiger partial charge < -0.3 is 10.1 Å². The highest BCUT2D eigenvalue weighted by Gasteiger charge is 2.11. The van der Waals surface area contributed by atoms with Gasteiger partial charge in [0.1, 0.15) is 22.5 Å². The van der Waals surface area contributed by atoms with Crippen molar-refractivity contribution in [2.24, 2.45) is 0 Å². The van der Waals surface area contributed by atoms with E-state index in [2.05, 4.69) is 10.4 Å². The van der Waals surface area contributed by atoms with Crippen LogP contribution in [0.3, 0.4) is 0 Å². The molecule has 3 aromatic rings. The summed E-state index contributed by atoms with van der Waals surface area (Å²) in [5.41, 5.74) is 2.08. The topological polar surface area (TPSA) is 56.2 Å². The predicted octanol–water partition coefficient (Wildman–Crippen LogP) is 6.20. The highest BCUT2D eigenvalue weighted by Crippen LogP contribution is 2.28. The molecule has 0 radical (unpaired) electrons. The summed E-state index contributed by atoms with van der Waals surface area (Å²) in [6.07, 6.45) is 0.667. The lowest BCUT2D eigenvalue weighted by Gasteiger charge is -2.10. The van der Waals surface area contributed by atoms with Crippen molar-refractivity contribution in [2.45, 2.75) is 26.5 Å². The average molecular weight is 487 g/mol. The Kier molecular flexibility index (Phi) is 7.89. The number of nitrogens with one attached hydrogen (secondary N) is 1. The summed E-state index contributed by atoms with van der Waals surface area (Å²) >= 11 is 24.2. The molecule has 0 fully saturated rings. The van der Waals surface area contributed by atoms with E-state index >= 15 is 0 Å². The summed E-state index contributed by atoms with van der Waals surface area (Å²) < 4.78 is 7.36. The number of rotatable bonds is 8. The molecule has 0 bridgehead atoms. The number of carbonyl (C=O) groups excluding carboxylic acids is 1. The average Bonchev–Trinajstić information content (AvgIpc) is 2.97. The largest absolute Gasteiger partial charge is 0.487 e. The number of amides is 1. The van der Waals surface area contributed by atoms with Crippen LogP contribution in [0.2, 0.25) is 20.2 Å². The molecule has 0 unspecified atom stereocenters. The second-order valence-electron chi connectivity index (χ2n) is 6.59. The van der Waals surface area contributed by atoms with Crippen molar-refractivity contribution in [3.63, 3.8) is 0 Å². The molecule has 0 saturated carbocycles. The van der Waals surface area contributed by atoms with Crippen LogP contribution in [0.15, 0.2) is 42.5 Å². The number of carbonyl (C=O) groups is 1. The highest BCUT2D eigenvalue weighted by atomic mass is 35.5. The SMILES string of the molecule is Cc1nn(CCCNC(=O)c2cccc(COc3ccc(Cl)cc3Cl)c2)c(Cl)c1Cl. The van der Waals surface area contributed by atoms with Crippen LogP contribution in [-0.2, 0) is 13.2 Å². The van der Waals surface area contributed by atoms with E-state index in [1.807, 2.05) is 12.1 Å². The fraction of sp³-hybridized carbons (Fsp3) is 0.238. The molecule has 158 valence electrons. The van der Waals surface area contributed by atoms with Crippen molar-refractivity contribution in [3.05, 3.63) is 79.5 Å². The van der Waals surface area contributed by atoms with E-state index < -0.39 is 0 Å². The monoisotopic (exact) mass is 485 g/mol. The number of hydrogen-bond donors (Lipinski definition) is 1. The molecule has 1 N–H and O–H groups in total. The lowest BCUT2D eigenvalue weighted by molar-refractivity contribution is 0.0952. The van der Waals surface area contributed by atoms with E-state index in [0.717, 1.165) is 5.56 Å². The molecule has 1 amide bonds. The van der Waals surface area contributed by atoms with Crippen molar-refractivity contribution in [1.29, 1.82) is 0 Å². The summed E-state index contributed by atoms with van der Waals surface area (Å²) in [6.45, 7) is 3.11. The summed E-state index contributed by atoms with van der Waals surface area (Å²) in [7, 11) is 0. The molecule has 2 aromatic carbocycles. The molecule has 9 heteroatoms. The van der Waals surface area contributed by atoms with Gasteiger partial charge in [-0.05, 0) is 49.2 Å². The molecule has 30 heavy (non-hydrogen) atoms. The Balaban J connectivity index is 1.50. The first-order chi connectivity index (χ1) is 14.3. The third kappa shape index (κ3) is 5.82. The Morgan fingerprint density at radius 3 is 2.63 bits per heavy atom. The Labute approximate surface area is 194 Å². The van der Waals surface area contributed by atoms with Gasteiger partial charge in [-0.2, -0.15) is 5.10 Å². The van der Waals surface area contributed by atoms with Gasteiger partial charge in [0, 0.05) is 23.7 Å². The second kappa shape index (κ2) is 10.4. The number of ether oxygens (including phenoxy) is 1. The molecule has 0 atom stereocenters. The van der Waals surface area contributed by atoms with E-state index in [-0.39, 0.29) is 12.5 Å². The molecule has 0 aliphatic rings. The van der Waals surface area contributed by atoms with Gasteiger partial charge in [-0.25, -0.2) is 0 Å². The predicted molar refractivity (Wildman–Crippen MR) is 121 cm³/mol. The normalized spacial score (nSPS) is 10.8. The van der Waals surface area contributed by atoms with E-state index in [1.54, 1.807) is 41.9 Å². The smallest absolute Gasteiger partial charge is 0.251 e. The van der Waals surface area contributed by atoms with Gasteiger partial charge in [0.05, 0.1) is 10.7 Å². The van der Waals surface area contributed by atoms with Crippen LogP contribution >= 0.6 is 46.4 Å². The van der Waals surface area contributed by atoms with Crippen LogP contribution in [0.4, 0.5) is 0 Å². The first-order valence-electron chi connectivity index (χ1n) is 9.18. The second-order valence-corrected chi connectivity index (χ2v) is 8.17. The third-order valence-corrected chi connectivity index (χ3v) is 5.77. The standard InChI is InChI=1S/C21H19Cl4N3O2/c1-13-19(24)20(25)28(27-13)9-3-8-26-21(29)15-5-2-4-14(10-15)12-30-18-7-6-16(22)11-17(18)23/h2,4-7,10-11H,3,8-9,12H2,1H3,(H,26,29). The number of nitrogens with zero attached hydrogens (tertiary/aromatic N) is 2. The Bertz CT molecular complexity index is 1050. The maximum Gasteiger partial charge on any atom is 0.251 e. The summed E-state index contributed by atoms with van der Waals surface area (Å²) in [5.74, 6) is 0.366. The Morgan fingerprint density at radius 2 is 1.93 bits per heavy atom. The molecular formula is C21H19Cl4N3O2. The van der Waals surface area contributed by atoms with Gasteiger partial charge in [0.15, 0.2) is 0 Å². The van der Waals surface area contributed by atoms with Gasteiger partial charge in [0.25, 0.3) is 5.91 Å². The molecule has 5 nitrogen and oxygen atoms in total. The lowest BCUT2D eigenvalue weighted by atomic mass is 10.1. The zero-order valence-electron chi connectivity index (χ0n) is 16.1. The summed E-state index contributed by atoms with van der Waals surface area (Å²) in [6, 6.07) is 12.3. The van der Waals surface area contributed by atoms with Crippen LogP contribution in [0.5, 0.6) is 5.75 Å². The minimum atomic E-state index is -0.165. The summed E-state index contributed by atoms with van der Waals surface area (Å²) in [4.78, 5) is 12.4. The number of aryl methyl sites for hydroxylation is 2. The molecule has 0 spiro atoms. The third-order valence-electron chi connectivity index (χ3n) is 4.31. The minimum Gasteiger partial charge on any atom is -0.487 e. The maximum atomic E-state index is 12.4. The first kappa shape index (κ1) is 22.8. The van der Waals surface area contributed by atoms with Gasteiger partial charge in [0.2, 0.25) is 0 Å². The van der Waals surface area contributed by atoms with Crippen LogP contribution in [0, 0.1) is 6.92 Å². The van der Waals surface area contributed by atoms with Crippen LogP contribution in [0.25, 0.3) is 0 Å². The van der Waals surface area contributed by atoms with Gasteiger partial charge in [-0.3, -0.25) is 9.48 Å². The van der Waals surface area contributed by atoms with E-state index in [9.17, 15) is 4.79 Å². The fourth-order valence-electron chi connectivity index (χ4n) is 2.77. The molecular weight excluding hydrogens is 468 g/mol. The van der Waals surface area contributed by atoms with Crippen molar-refractivity contribution in [1.82, 2.24) is 15.1 Å². The Hall–Kier alpha value is -1.92. The van der Waals surface area contributed by atoms with Crippen molar-refractivity contribution in [2.75, 3.05) is 6.54 Å². The molecule has 0 saturated heterocycles. The first-order valence-corrected chi connectivity index (χ1v) is 10.7. The van der Waals surface area contributed by atoms with Crippen molar-refractivity contribution >= 4 is 52.3 Å². The molecule has 1 aromatic heterocycles. The molecule has 1 heterocycles. The lowest BCUT2D eigenvalue weighted by Crippen LogP contribution is -2.25. The Morgan fingerprint density at radius 1 is 1.13 bits per heavy atom. The maximum absolute atomic E-state index is 12.4. The van der Waals surface area contributed by atoms with Crippen LogP contribution in [0.1, 0.15) is 28.0 Å². The van der Waals surface area contributed by atoms with E-state index in [1.165, 1.54) is 0 Å². The minimum absolute atomic E-state index is 0.165. The van der Waals surface area contributed by atoms with Crippen LogP contribution in [-0.4, -0.2) is 22.2 Å². The molecule has 0 aliphatic heterocycles. The number of hydrogen-bond acceptors (Lipinski definition) is 3. The fourth-order valence-corrected chi connectivity index (χ4v) is 3.63. The zero-order valence-corrected chi connectivity index (χ0v) is 19.1. The zero-order chi connectivity index (χ0) is 21.7. The van der Waals surface area contributed by atoms with E-state index in [4.69, 9.17) is 51.1 Å². The summed E-state index contributed by atoms with van der Waals surface area (Å²) in [5, 5.41) is 9.00. The van der Waals surface area contributed by atoms with Gasteiger partial charge in [-0.1, -0.05) is 58.5 Å². The van der Waals surface area contributed by atoms with E-state index in [0.29, 0.717) is 56.7 Å².